The molecule has 1 N–H and O–H groups in total. The van der Waals surface area contributed by atoms with Crippen LogP contribution in [0.1, 0.15) is 45.4 Å². The second-order valence-corrected chi connectivity index (χ2v) is 13.1. The number of rotatable bonds is 17. The highest BCUT2D eigenvalue weighted by Gasteiger charge is 2.76. The number of halogens is 1. The summed E-state index contributed by atoms with van der Waals surface area (Å²) in [5.41, 5.74) is -1.07. The Labute approximate surface area is 259 Å². The number of hydrogen-bond donors (Lipinski definition) is 1. The third-order valence-corrected chi connectivity index (χ3v) is 10.1. The van der Waals surface area contributed by atoms with Crippen LogP contribution in [-0.2, 0) is 23.9 Å². The lowest BCUT2D eigenvalue weighted by Gasteiger charge is -2.38. The molecule has 4 saturated heterocycles. The first-order chi connectivity index (χ1) is 20.3. The molecule has 2 bridgehead atoms. The maximum atomic E-state index is 14.6. The second-order valence-electron chi connectivity index (χ2n) is 11.9. The van der Waals surface area contributed by atoms with Gasteiger partial charge in [0.05, 0.1) is 31.2 Å². The summed E-state index contributed by atoms with van der Waals surface area (Å²) in [5, 5.41) is 9.20. The number of hydrogen-bond acceptors (Lipinski definition) is 7. The molecule has 4 aliphatic rings. The van der Waals surface area contributed by atoms with E-state index in [1.54, 1.807) is 26.9 Å². The number of carbonyl (C=O) groups excluding carboxylic acids is 3. The van der Waals surface area contributed by atoms with Crippen molar-refractivity contribution in [2.24, 2.45) is 11.8 Å². The van der Waals surface area contributed by atoms with Crippen molar-refractivity contribution < 1.29 is 29.0 Å². The summed E-state index contributed by atoms with van der Waals surface area (Å²) in [6, 6.07) is -0.806. The molecule has 3 amide bonds. The summed E-state index contributed by atoms with van der Waals surface area (Å²) in [6.45, 7) is 15.9. The van der Waals surface area contributed by atoms with Gasteiger partial charge in [0.25, 0.3) is 0 Å². The molecule has 1 spiro atoms. The Morgan fingerprint density at radius 2 is 1.71 bits per heavy atom. The number of likely N-dealkylation sites (tertiary alicyclic amines) is 1. The zero-order chi connectivity index (χ0) is 30.3. The van der Waals surface area contributed by atoms with Crippen molar-refractivity contribution in [3.63, 3.8) is 0 Å². The minimum absolute atomic E-state index is 0.0996. The number of aliphatic hydroxyl groups excluding tert-OH is 1. The van der Waals surface area contributed by atoms with Gasteiger partial charge in [0.1, 0.15) is 11.6 Å². The van der Waals surface area contributed by atoms with E-state index < -0.39 is 29.6 Å². The Morgan fingerprint density at radius 1 is 1.05 bits per heavy atom. The molecule has 4 heterocycles. The molecule has 4 fully saturated rings. The molecule has 0 aromatic heterocycles. The lowest BCUT2D eigenvalue weighted by molar-refractivity contribution is -0.148. The Morgan fingerprint density at radius 3 is 2.36 bits per heavy atom. The van der Waals surface area contributed by atoms with Crippen molar-refractivity contribution in [1.82, 2.24) is 19.6 Å². The molecule has 236 valence electrons. The zero-order valence-corrected chi connectivity index (χ0v) is 26.7. The molecule has 4 aliphatic heterocycles. The molecule has 42 heavy (non-hydrogen) atoms. The number of aliphatic hydroxyl groups is 1. The van der Waals surface area contributed by atoms with Gasteiger partial charge in [-0.1, -0.05) is 47.8 Å². The minimum atomic E-state index is -1.07. The van der Waals surface area contributed by atoms with Crippen LogP contribution in [0.15, 0.2) is 25.3 Å². The Kier molecular flexibility index (Phi) is 12.0. The van der Waals surface area contributed by atoms with E-state index in [1.807, 2.05) is 6.92 Å². The zero-order valence-electron chi connectivity index (χ0n) is 25.1. The first-order valence-electron chi connectivity index (χ1n) is 15.7. The van der Waals surface area contributed by atoms with Crippen molar-refractivity contribution >= 4 is 33.7 Å². The maximum Gasteiger partial charge on any atom is 0.248 e. The smallest absolute Gasteiger partial charge is 0.248 e. The van der Waals surface area contributed by atoms with Crippen molar-refractivity contribution in [2.45, 2.75) is 68.0 Å². The predicted octanol–water partition coefficient (Wildman–Crippen LogP) is 2.06. The number of amides is 3. The first-order valence-corrected chi connectivity index (χ1v) is 16.6. The van der Waals surface area contributed by atoms with E-state index in [1.165, 1.54) is 0 Å². The number of carbonyl (C=O) groups is 3. The van der Waals surface area contributed by atoms with Crippen LogP contribution in [0.2, 0.25) is 0 Å². The van der Waals surface area contributed by atoms with E-state index in [9.17, 15) is 19.5 Å². The number of nitrogens with zero attached hydrogens (tertiary/aromatic N) is 4. The van der Waals surface area contributed by atoms with E-state index in [2.05, 4.69) is 34.0 Å². The third kappa shape index (κ3) is 6.65. The average Bonchev–Trinajstić information content (AvgIpc) is 3.58. The quantitative estimate of drug-likeness (QED) is 0.146. The fourth-order valence-electron chi connectivity index (χ4n) is 7.31. The molecule has 0 saturated carbocycles. The van der Waals surface area contributed by atoms with Crippen LogP contribution in [0, 0.1) is 11.8 Å². The molecule has 0 aromatic carbocycles. The summed E-state index contributed by atoms with van der Waals surface area (Å²) < 4.78 is 12.2. The lowest BCUT2D eigenvalue weighted by Crippen LogP contribution is -2.58. The number of ether oxygens (including phenoxy) is 2. The summed E-state index contributed by atoms with van der Waals surface area (Å²) in [6.07, 6.45) is 7.37. The minimum Gasteiger partial charge on any atom is -0.396 e. The largest absolute Gasteiger partial charge is 0.396 e. The van der Waals surface area contributed by atoms with Crippen molar-refractivity contribution in [3.8, 4) is 0 Å². The Bertz CT molecular complexity index is 977. The van der Waals surface area contributed by atoms with E-state index in [0.717, 1.165) is 32.4 Å². The van der Waals surface area contributed by atoms with Gasteiger partial charge in [-0.25, -0.2) is 0 Å². The summed E-state index contributed by atoms with van der Waals surface area (Å²) in [7, 11) is 0. The Balaban J connectivity index is 1.64. The molecular weight excluding hydrogens is 604 g/mol. The van der Waals surface area contributed by atoms with Crippen LogP contribution in [0.4, 0.5) is 0 Å². The van der Waals surface area contributed by atoms with Gasteiger partial charge in [-0.15, -0.1) is 13.2 Å². The fourth-order valence-corrected chi connectivity index (χ4v) is 8.26. The van der Waals surface area contributed by atoms with Gasteiger partial charge in [0.2, 0.25) is 17.7 Å². The van der Waals surface area contributed by atoms with Crippen molar-refractivity contribution in [2.75, 3.05) is 72.2 Å². The van der Waals surface area contributed by atoms with Crippen LogP contribution in [-0.4, -0.2) is 137 Å². The number of unbranched alkanes of at least 4 members (excludes halogenated alkanes) is 3. The molecule has 11 heteroatoms. The molecule has 0 aliphatic carbocycles. The van der Waals surface area contributed by atoms with Gasteiger partial charge in [-0.05, 0) is 25.7 Å². The third-order valence-electron chi connectivity index (χ3n) is 9.22. The summed E-state index contributed by atoms with van der Waals surface area (Å²) in [4.78, 5) is 50.4. The molecule has 0 aromatic rings. The van der Waals surface area contributed by atoms with Crippen molar-refractivity contribution in [3.05, 3.63) is 25.3 Å². The predicted molar refractivity (Wildman–Crippen MR) is 164 cm³/mol. The molecule has 0 radical (unpaired) electrons. The lowest BCUT2D eigenvalue weighted by atomic mass is 9.70. The Hall–Kier alpha value is -1.79. The topological polar surface area (TPSA) is 103 Å². The van der Waals surface area contributed by atoms with Gasteiger partial charge in [0.15, 0.2) is 0 Å². The van der Waals surface area contributed by atoms with Crippen molar-refractivity contribution in [1.29, 1.82) is 0 Å². The van der Waals surface area contributed by atoms with Gasteiger partial charge in [0, 0.05) is 63.8 Å². The monoisotopic (exact) mass is 652 g/mol. The molecule has 6 atom stereocenters. The van der Waals surface area contributed by atoms with Crippen LogP contribution in [0.25, 0.3) is 0 Å². The summed E-state index contributed by atoms with van der Waals surface area (Å²) >= 11 is 3.78. The number of morpholine rings is 1. The second kappa shape index (κ2) is 15.3. The van der Waals surface area contributed by atoms with Gasteiger partial charge < -0.3 is 29.3 Å². The number of alkyl halides is 1. The van der Waals surface area contributed by atoms with Gasteiger partial charge in [-0.2, -0.15) is 0 Å². The fraction of sp³-hybridized carbons (Fsp3) is 0.774. The van der Waals surface area contributed by atoms with Crippen LogP contribution in [0.5, 0.6) is 0 Å². The van der Waals surface area contributed by atoms with E-state index in [4.69, 9.17) is 9.47 Å². The van der Waals surface area contributed by atoms with E-state index in [-0.39, 0.29) is 29.2 Å². The molecule has 4 rings (SSSR count). The highest BCUT2D eigenvalue weighted by molar-refractivity contribution is 9.09. The highest BCUT2D eigenvalue weighted by Crippen LogP contribution is 2.60. The maximum absolute atomic E-state index is 14.6. The van der Waals surface area contributed by atoms with Crippen LogP contribution >= 0.6 is 15.9 Å². The van der Waals surface area contributed by atoms with Gasteiger partial charge in [-0.3, -0.25) is 19.3 Å². The molecule has 3 unspecified atom stereocenters. The molecular formula is C31H49BrN4O6. The summed E-state index contributed by atoms with van der Waals surface area (Å²) in [5.74, 6) is -1.75. The molecule has 10 nitrogen and oxygen atoms in total. The SMILES string of the molecule is C=CCN(CCN1CCOCC1)C(=O)C1N(CCCCCCO)C(=O)[C@@H]2[C@H](C(=O)N(CC=C)CCC)[C@H]3OC12CC3Br. The van der Waals surface area contributed by atoms with Crippen LogP contribution in [0.3, 0.4) is 0 Å². The van der Waals surface area contributed by atoms with E-state index in [0.29, 0.717) is 71.7 Å². The van der Waals surface area contributed by atoms with E-state index >= 15 is 0 Å². The average molecular weight is 654 g/mol. The first kappa shape index (κ1) is 33.1. The normalized spacial score (nSPS) is 30.4. The van der Waals surface area contributed by atoms with Crippen LogP contribution < -0.4 is 0 Å². The van der Waals surface area contributed by atoms with Gasteiger partial charge >= 0.3 is 0 Å². The number of fused-ring (bicyclic) bond motifs is 1. The highest BCUT2D eigenvalue weighted by atomic mass is 79.9. The standard InChI is InChI=1S/C31H49BrN4O6/c1-4-11-34(12-5-2)28(38)24-25-29(39)36(14-9-7-8-10-19-37)27(31(25)22-23(32)26(24)42-31)30(40)35(13-6-3)16-15-33-17-20-41-21-18-33/h4,6,23-27,37H,1,3,5,7-22H2,2H3/t23?,24-,25-,26-,27?,31?/m0/s1.